The molecule has 0 bridgehead atoms. The van der Waals surface area contributed by atoms with Gasteiger partial charge in [0.05, 0.1) is 38.6 Å². The van der Waals surface area contributed by atoms with E-state index in [9.17, 15) is 0 Å². The zero-order chi connectivity index (χ0) is 25.1. The molecule has 2 nitrogen and oxygen atoms in total. The molecule has 0 atom stereocenters. The lowest BCUT2D eigenvalue weighted by molar-refractivity contribution is -0.182. The van der Waals surface area contributed by atoms with Crippen molar-refractivity contribution >= 4 is 124 Å². The number of hydrogen-bond donors (Lipinski definition) is 0. The Bertz CT molecular complexity index is 1630. The Morgan fingerprint density at radius 3 is 1.53 bits per heavy atom. The predicted molar refractivity (Wildman–Crippen MR) is 181 cm³/mol. The highest BCUT2D eigenvalue weighted by molar-refractivity contribution is 8.47. The van der Waals surface area contributed by atoms with Gasteiger partial charge in [0.2, 0.25) is 0 Å². The molecule has 3 aromatic carbocycles. The molecule has 3 aromatic rings. The molecule has 194 valence electrons. The van der Waals surface area contributed by atoms with Gasteiger partial charge in [0.25, 0.3) is 0 Å². The molecule has 0 spiro atoms. The maximum Gasteiger partial charge on any atom is 0.183 e. The van der Waals surface area contributed by atoms with Gasteiger partial charge in [-0.25, -0.2) is 0 Å². The Morgan fingerprint density at radius 2 is 1.00 bits per heavy atom. The van der Waals surface area contributed by atoms with Crippen LogP contribution in [0, 0.1) is 0 Å². The fourth-order valence-corrected chi connectivity index (χ4v) is 17.3. The van der Waals surface area contributed by atoms with Crippen molar-refractivity contribution in [2.45, 2.75) is 12.7 Å². The summed E-state index contributed by atoms with van der Waals surface area (Å²) in [6.45, 7) is 1.51. The van der Waals surface area contributed by atoms with Gasteiger partial charge in [-0.3, -0.25) is 0 Å². The summed E-state index contributed by atoms with van der Waals surface area (Å²) < 4.78 is 20.9. The van der Waals surface area contributed by atoms with Crippen LogP contribution in [-0.4, -0.2) is 36.2 Å². The first kappa shape index (κ1) is 25.8. The highest BCUT2D eigenvalue weighted by Gasteiger charge is 2.29. The molecule has 5 aliphatic rings. The van der Waals surface area contributed by atoms with E-state index in [-0.39, 0.29) is 6.29 Å². The van der Waals surface area contributed by atoms with Crippen molar-refractivity contribution in [3.63, 3.8) is 0 Å². The van der Waals surface area contributed by atoms with Crippen molar-refractivity contribution < 1.29 is 9.47 Å². The van der Waals surface area contributed by atoms with Gasteiger partial charge >= 0.3 is 0 Å². The largest absolute Gasteiger partial charge is 0.348 e. The molecule has 0 unspecified atom stereocenters. The lowest BCUT2D eigenvalue weighted by Gasteiger charge is -2.24. The number of rotatable bonds is 1. The van der Waals surface area contributed by atoms with Crippen LogP contribution < -0.4 is 10.4 Å². The Balaban J connectivity index is 1.43. The lowest BCUT2D eigenvalue weighted by Crippen LogP contribution is -2.20. The second-order valence-corrected chi connectivity index (χ2v) is 19.1. The van der Waals surface area contributed by atoms with E-state index in [1.165, 1.54) is 80.4 Å². The molecule has 5 heterocycles. The van der Waals surface area contributed by atoms with Crippen molar-refractivity contribution in [2.75, 3.05) is 36.2 Å². The Kier molecular flexibility index (Phi) is 7.52. The standard InChI is InChI=1S/C28H22O2S8/c1-2-5-17-16(4-1)20(23-35-25-26(36-23)32-11-10-31-25)18-7-6-15(22-29-8-3-9-30-22)14-19(18)21(17)24-37-27-28(38-24)34-13-12-33-27/h1-2,4-7,14,22H,3,8-13H2. The van der Waals surface area contributed by atoms with Crippen molar-refractivity contribution in [3.05, 3.63) is 75.4 Å². The van der Waals surface area contributed by atoms with Crippen LogP contribution in [-0.2, 0) is 9.47 Å². The van der Waals surface area contributed by atoms with E-state index in [1.54, 1.807) is 0 Å². The molecule has 0 N–H and O–H groups in total. The molecular weight excluding hydrogens is 625 g/mol. The van der Waals surface area contributed by atoms with Crippen LogP contribution in [0.4, 0.5) is 0 Å². The number of benzene rings is 3. The molecule has 38 heavy (non-hydrogen) atoms. The second kappa shape index (κ2) is 11.1. The van der Waals surface area contributed by atoms with Crippen molar-refractivity contribution in [1.82, 2.24) is 0 Å². The number of thioether (sulfide) groups is 8. The van der Waals surface area contributed by atoms with Crippen LogP contribution in [0.15, 0.2) is 59.4 Å². The van der Waals surface area contributed by atoms with Gasteiger partial charge in [0.15, 0.2) is 6.29 Å². The predicted octanol–water partition coefficient (Wildman–Crippen LogP) is 8.73. The molecule has 8 rings (SSSR count). The van der Waals surface area contributed by atoms with Gasteiger partial charge < -0.3 is 9.47 Å². The molecular formula is C28H22O2S8. The van der Waals surface area contributed by atoms with Crippen LogP contribution in [0.25, 0.3) is 30.0 Å². The third-order valence-corrected chi connectivity index (χ3v) is 18.3. The van der Waals surface area contributed by atoms with Crippen LogP contribution in [0.1, 0.15) is 18.3 Å². The summed E-state index contributed by atoms with van der Waals surface area (Å²) in [6.07, 6.45) is 0.675. The van der Waals surface area contributed by atoms with Gasteiger partial charge in [-0.1, -0.05) is 83.4 Å². The van der Waals surface area contributed by atoms with E-state index < -0.39 is 0 Å². The van der Waals surface area contributed by atoms with Gasteiger partial charge in [-0.05, 0) is 34.0 Å². The van der Waals surface area contributed by atoms with Crippen LogP contribution in [0.5, 0.6) is 0 Å². The summed E-state index contributed by atoms with van der Waals surface area (Å²) in [5.74, 6) is 4.81. The minimum Gasteiger partial charge on any atom is -0.348 e. The summed E-state index contributed by atoms with van der Waals surface area (Å²) in [6, 6.07) is 16.0. The SMILES string of the molecule is c1ccc2c(=C3SC4=C(SCCS4)S3)c3cc(C4OCCCO4)ccc3c(=C3SC4=C(SCCS4)S3)c2c1. The average molecular weight is 647 g/mol. The summed E-state index contributed by atoms with van der Waals surface area (Å²) >= 11 is 16.0. The lowest BCUT2D eigenvalue weighted by atomic mass is 9.97. The van der Waals surface area contributed by atoms with Crippen molar-refractivity contribution in [2.24, 2.45) is 0 Å². The molecule has 0 aromatic heterocycles. The first-order valence-electron chi connectivity index (χ1n) is 12.5. The Hall–Kier alpha value is 0.120. The zero-order valence-corrected chi connectivity index (χ0v) is 26.7. The summed E-state index contributed by atoms with van der Waals surface area (Å²) in [4.78, 5) is 0. The molecule has 5 aliphatic heterocycles. The molecule has 10 heteroatoms. The van der Waals surface area contributed by atoms with E-state index >= 15 is 0 Å². The maximum absolute atomic E-state index is 6.06. The van der Waals surface area contributed by atoms with Crippen LogP contribution in [0.2, 0.25) is 0 Å². The number of hydrogen-bond acceptors (Lipinski definition) is 10. The minimum absolute atomic E-state index is 0.285. The van der Waals surface area contributed by atoms with E-state index in [2.05, 4.69) is 42.5 Å². The van der Waals surface area contributed by atoms with E-state index in [4.69, 9.17) is 9.47 Å². The van der Waals surface area contributed by atoms with Gasteiger partial charge in [0, 0.05) is 39.0 Å². The smallest absolute Gasteiger partial charge is 0.183 e. The molecule has 0 aliphatic carbocycles. The minimum atomic E-state index is -0.285. The Morgan fingerprint density at radius 1 is 0.526 bits per heavy atom. The highest BCUT2D eigenvalue weighted by Crippen LogP contribution is 2.61. The second-order valence-electron chi connectivity index (χ2n) is 9.05. The fourth-order valence-electron chi connectivity index (χ4n) is 5.10. The van der Waals surface area contributed by atoms with Crippen molar-refractivity contribution in [1.29, 1.82) is 0 Å². The number of ether oxygens (including phenoxy) is 2. The normalized spacial score (nSPS) is 22.6. The van der Waals surface area contributed by atoms with Gasteiger partial charge in [0.1, 0.15) is 0 Å². The first-order valence-corrected chi connectivity index (χ1v) is 19.7. The molecule has 0 radical (unpaired) electrons. The third kappa shape index (κ3) is 4.63. The molecule has 1 fully saturated rings. The zero-order valence-electron chi connectivity index (χ0n) is 20.2. The topological polar surface area (TPSA) is 18.5 Å². The Labute approximate surface area is 255 Å². The van der Waals surface area contributed by atoms with E-state index in [0.29, 0.717) is 0 Å². The van der Waals surface area contributed by atoms with Gasteiger partial charge in [-0.15, -0.1) is 47.0 Å². The van der Waals surface area contributed by atoms with Crippen LogP contribution >= 0.6 is 94.1 Å². The van der Waals surface area contributed by atoms with E-state index in [0.717, 1.165) is 25.2 Å². The number of fused-ring (bicyclic) bond motifs is 2. The van der Waals surface area contributed by atoms with E-state index in [1.807, 2.05) is 94.1 Å². The average Bonchev–Trinajstić information content (AvgIpc) is 3.60. The monoisotopic (exact) mass is 646 g/mol. The fraction of sp³-hybridized carbons (Fsp3) is 0.286. The summed E-state index contributed by atoms with van der Waals surface area (Å²) in [5, 5.41) is 8.12. The quantitative estimate of drug-likeness (QED) is 0.238. The van der Waals surface area contributed by atoms with Crippen LogP contribution in [0.3, 0.4) is 0 Å². The van der Waals surface area contributed by atoms with Crippen molar-refractivity contribution in [3.8, 4) is 0 Å². The summed E-state index contributed by atoms with van der Waals surface area (Å²) in [7, 11) is 0. The maximum atomic E-state index is 6.06. The first-order chi connectivity index (χ1) is 18.8. The molecule has 0 saturated carbocycles. The van der Waals surface area contributed by atoms with Gasteiger partial charge in [-0.2, -0.15) is 0 Å². The summed E-state index contributed by atoms with van der Waals surface area (Å²) in [5.41, 5.74) is 1.12. The molecule has 1 saturated heterocycles. The molecule has 0 amide bonds. The highest BCUT2D eigenvalue weighted by atomic mass is 32.3. The third-order valence-electron chi connectivity index (χ3n) is 6.73.